The predicted octanol–water partition coefficient (Wildman–Crippen LogP) is 3.83. The molecule has 0 spiro atoms. The third-order valence-corrected chi connectivity index (χ3v) is 4.03. The van der Waals surface area contributed by atoms with Gasteiger partial charge in [0.15, 0.2) is 5.58 Å². The standard InChI is InChI=1S/C17H12ClN5O2/c1-9-11(17-22-13-7-10(18)5-6-14(13)25-17)3-2-4-12(9)21-16(24)15-19-8-20-23-15/h2-8H,1H3,(H,21,24)(H,19,20,23). The van der Waals surface area contributed by atoms with Gasteiger partial charge in [0.1, 0.15) is 11.8 Å². The van der Waals surface area contributed by atoms with E-state index < -0.39 is 0 Å². The van der Waals surface area contributed by atoms with Gasteiger partial charge in [-0.15, -0.1) is 0 Å². The zero-order valence-electron chi connectivity index (χ0n) is 13.1. The van der Waals surface area contributed by atoms with Crippen LogP contribution in [0.3, 0.4) is 0 Å². The molecular weight excluding hydrogens is 342 g/mol. The molecule has 0 atom stereocenters. The van der Waals surface area contributed by atoms with Crippen LogP contribution in [0.15, 0.2) is 47.1 Å². The fourth-order valence-electron chi connectivity index (χ4n) is 2.51. The number of amides is 1. The Labute approximate surface area is 147 Å². The number of fused-ring (bicyclic) bond motifs is 1. The number of carbonyl (C=O) groups is 1. The van der Waals surface area contributed by atoms with Crippen molar-refractivity contribution in [1.29, 1.82) is 0 Å². The highest BCUT2D eigenvalue weighted by Crippen LogP contribution is 2.31. The fraction of sp³-hybridized carbons (Fsp3) is 0.0588. The number of aromatic nitrogens is 4. The number of H-pyrrole nitrogens is 1. The lowest BCUT2D eigenvalue weighted by Crippen LogP contribution is -2.14. The molecule has 0 aliphatic carbocycles. The van der Waals surface area contributed by atoms with E-state index in [9.17, 15) is 4.79 Å². The van der Waals surface area contributed by atoms with Crippen molar-refractivity contribution in [3.05, 3.63) is 59.1 Å². The summed E-state index contributed by atoms with van der Waals surface area (Å²) in [5.74, 6) is 0.230. The molecule has 2 aromatic carbocycles. The molecule has 0 radical (unpaired) electrons. The molecule has 0 saturated carbocycles. The van der Waals surface area contributed by atoms with Crippen molar-refractivity contribution in [2.24, 2.45) is 0 Å². The maximum absolute atomic E-state index is 12.2. The van der Waals surface area contributed by atoms with Crippen LogP contribution in [0.1, 0.15) is 16.2 Å². The summed E-state index contributed by atoms with van der Waals surface area (Å²) in [6, 6.07) is 10.8. The minimum absolute atomic E-state index is 0.140. The van der Waals surface area contributed by atoms with E-state index in [2.05, 4.69) is 25.5 Å². The second kappa shape index (κ2) is 6.03. The number of carbonyl (C=O) groups excluding carboxylic acids is 1. The molecule has 2 aromatic heterocycles. The van der Waals surface area contributed by atoms with E-state index in [1.807, 2.05) is 19.1 Å². The number of nitrogens with one attached hydrogen (secondary N) is 2. The SMILES string of the molecule is Cc1c(NC(=O)c2ncn[nH]2)cccc1-c1nc2cc(Cl)ccc2o1. The largest absolute Gasteiger partial charge is 0.436 e. The summed E-state index contributed by atoms with van der Waals surface area (Å²) in [5, 5.41) is 9.60. The van der Waals surface area contributed by atoms with E-state index in [-0.39, 0.29) is 11.7 Å². The first-order valence-corrected chi connectivity index (χ1v) is 7.82. The Morgan fingerprint density at radius 3 is 2.96 bits per heavy atom. The van der Waals surface area contributed by atoms with Crippen molar-refractivity contribution in [1.82, 2.24) is 20.2 Å². The maximum atomic E-state index is 12.2. The molecule has 1 amide bonds. The number of anilines is 1. The van der Waals surface area contributed by atoms with Crippen LogP contribution in [0.2, 0.25) is 5.02 Å². The van der Waals surface area contributed by atoms with Crippen LogP contribution >= 0.6 is 11.6 Å². The molecule has 0 aliphatic rings. The van der Waals surface area contributed by atoms with Gasteiger partial charge >= 0.3 is 0 Å². The summed E-state index contributed by atoms with van der Waals surface area (Å²) >= 11 is 5.99. The van der Waals surface area contributed by atoms with Gasteiger partial charge in [-0.2, -0.15) is 5.10 Å². The van der Waals surface area contributed by atoms with Gasteiger partial charge in [0.25, 0.3) is 5.91 Å². The number of hydrogen-bond donors (Lipinski definition) is 2. The van der Waals surface area contributed by atoms with Crippen LogP contribution in [-0.4, -0.2) is 26.1 Å². The molecule has 4 aromatic rings. The lowest BCUT2D eigenvalue weighted by Gasteiger charge is -2.09. The average molecular weight is 354 g/mol. The Kier molecular flexibility index (Phi) is 3.70. The van der Waals surface area contributed by atoms with Crippen LogP contribution in [0, 0.1) is 6.92 Å². The molecule has 8 heteroatoms. The lowest BCUT2D eigenvalue weighted by molar-refractivity contribution is 0.101. The third-order valence-electron chi connectivity index (χ3n) is 3.79. The minimum atomic E-state index is -0.373. The van der Waals surface area contributed by atoms with Gasteiger partial charge in [-0.25, -0.2) is 9.97 Å². The molecule has 0 fully saturated rings. The Hall–Kier alpha value is -3.19. The second-order valence-corrected chi connectivity index (χ2v) is 5.83. The minimum Gasteiger partial charge on any atom is -0.436 e. The average Bonchev–Trinajstić information content (AvgIpc) is 3.25. The Balaban J connectivity index is 1.71. The topological polar surface area (TPSA) is 96.7 Å². The highest BCUT2D eigenvalue weighted by atomic mass is 35.5. The number of oxazole rings is 1. The molecule has 0 saturated heterocycles. The van der Waals surface area contributed by atoms with Gasteiger partial charge in [0, 0.05) is 16.3 Å². The molecule has 2 heterocycles. The molecule has 0 bridgehead atoms. The Bertz CT molecular complexity index is 1070. The Morgan fingerprint density at radius 2 is 2.16 bits per heavy atom. The lowest BCUT2D eigenvalue weighted by atomic mass is 10.1. The van der Waals surface area contributed by atoms with Crippen molar-refractivity contribution in [2.45, 2.75) is 6.92 Å². The number of rotatable bonds is 3. The van der Waals surface area contributed by atoms with Crippen molar-refractivity contribution in [3.8, 4) is 11.5 Å². The summed E-state index contributed by atoms with van der Waals surface area (Å²) in [7, 11) is 0. The van der Waals surface area contributed by atoms with Crippen molar-refractivity contribution >= 4 is 34.3 Å². The summed E-state index contributed by atoms with van der Waals surface area (Å²) in [5.41, 5.74) is 3.57. The third kappa shape index (κ3) is 2.85. The molecule has 124 valence electrons. The zero-order chi connectivity index (χ0) is 17.4. The number of halogens is 1. The molecule has 2 N–H and O–H groups in total. The van der Waals surface area contributed by atoms with Crippen LogP contribution in [-0.2, 0) is 0 Å². The van der Waals surface area contributed by atoms with Gasteiger partial charge < -0.3 is 9.73 Å². The van der Waals surface area contributed by atoms with Crippen molar-refractivity contribution < 1.29 is 9.21 Å². The summed E-state index contributed by atoms with van der Waals surface area (Å²) < 4.78 is 5.81. The predicted molar refractivity (Wildman–Crippen MR) is 93.5 cm³/mol. The monoisotopic (exact) mass is 353 g/mol. The zero-order valence-corrected chi connectivity index (χ0v) is 13.8. The smallest absolute Gasteiger partial charge is 0.292 e. The van der Waals surface area contributed by atoms with E-state index in [0.717, 1.165) is 11.1 Å². The van der Waals surface area contributed by atoms with Gasteiger partial charge in [-0.1, -0.05) is 17.7 Å². The van der Waals surface area contributed by atoms with E-state index in [1.54, 1.807) is 24.3 Å². The highest BCUT2D eigenvalue weighted by molar-refractivity contribution is 6.31. The second-order valence-electron chi connectivity index (χ2n) is 5.40. The number of aromatic amines is 1. The normalized spacial score (nSPS) is 11.0. The highest BCUT2D eigenvalue weighted by Gasteiger charge is 2.15. The first kappa shape index (κ1) is 15.3. The summed E-state index contributed by atoms with van der Waals surface area (Å²) in [6.45, 7) is 1.88. The quantitative estimate of drug-likeness (QED) is 0.583. The molecule has 25 heavy (non-hydrogen) atoms. The van der Waals surface area contributed by atoms with Gasteiger partial charge in [0.05, 0.1) is 0 Å². The number of benzene rings is 2. The molecular formula is C17H12ClN5O2. The summed E-state index contributed by atoms with van der Waals surface area (Å²) in [4.78, 5) is 20.5. The van der Waals surface area contributed by atoms with Gasteiger partial charge in [-0.05, 0) is 42.8 Å². The van der Waals surface area contributed by atoms with E-state index in [1.165, 1.54) is 6.33 Å². The number of hydrogen-bond acceptors (Lipinski definition) is 5. The van der Waals surface area contributed by atoms with Crippen LogP contribution in [0.5, 0.6) is 0 Å². The Morgan fingerprint density at radius 1 is 1.28 bits per heavy atom. The van der Waals surface area contributed by atoms with E-state index in [0.29, 0.717) is 27.7 Å². The van der Waals surface area contributed by atoms with E-state index >= 15 is 0 Å². The maximum Gasteiger partial charge on any atom is 0.292 e. The first-order valence-electron chi connectivity index (χ1n) is 7.44. The van der Waals surface area contributed by atoms with Gasteiger partial charge in [0.2, 0.25) is 11.7 Å². The van der Waals surface area contributed by atoms with Crippen LogP contribution in [0.4, 0.5) is 5.69 Å². The number of nitrogens with zero attached hydrogens (tertiary/aromatic N) is 3. The van der Waals surface area contributed by atoms with Crippen LogP contribution in [0.25, 0.3) is 22.6 Å². The molecule has 0 unspecified atom stereocenters. The molecule has 0 aliphatic heterocycles. The fourth-order valence-corrected chi connectivity index (χ4v) is 2.68. The van der Waals surface area contributed by atoms with Gasteiger partial charge in [-0.3, -0.25) is 9.89 Å². The summed E-state index contributed by atoms with van der Waals surface area (Å²) in [6.07, 6.45) is 1.28. The van der Waals surface area contributed by atoms with E-state index in [4.69, 9.17) is 16.0 Å². The van der Waals surface area contributed by atoms with Crippen molar-refractivity contribution in [2.75, 3.05) is 5.32 Å². The first-order chi connectivity index (χ1) is 12.1. The molecule has 4 rings (SSSR count). The van der Waals surface area contributed by atoms with Crippen LogP contribution < -0.4 is 5.32 Å². The molecule has 7 nitrogen and oxygen atoms in total. The van der Waals surface area contributed by atoms with Crippen molar-refractivity contribution in [3.63, 3.8) is 0 Å².